The van der Waals surface area contributed by atoms with E-state index < -0.39 is 0 Å². The van der Waals surface area contributed by atoms with Gasteiger partial charge in [-0.25, -0.2) is 0 Å². The van der Waals surface area contributed by atoms with Crippen LogP contribution >= 0.6 is 0 Å². The van der Waals surface area contributed by atoms with Gasteiger partial charge in [-0.1, -0.05) is 53.7 Å². The molecule has 10 atom stereocenters. The molecule has 0 heterocycles. The van der Waals surface area contributed by atoms with E-state index in [0.717, 1.165) is 48.3 Å². The molecule has 1 nitrogen and oxygen atoms in total. The molecule has 4 aliphatic rings. The molecule has 1 unspecified atom stereocenters. The van der Waals surface area contributed by atoms with Gasteiger partial charge in [-0.05, 0) is 122 Å². The Morgan fingerprint density at radius 3 is 2.27 bits per heavy atom. The zero-order valence-corrected chi connectivity index (χ0v) is 20.9. The Bertz CT molecular complexity index is 636. The number of hydrogen-bond acceptors (Lipinski definition) is 1. The summed E-state index contributed by atoms with van der Waals surface area (Å²) in [7, 11) is 0. The van der Waals surface area contributed by atoms with Crippen LogP contribution in [0.15, 0.2) is 12.2 Å². The maximum Gasteiger partial charge on any atom is 0.0543 e. The summed E-state index contributed by atoms with van der Waals surface area (Å²) in [6.45, 7) is 19.4. The fraction of sp³-hybridized carbons (Fsp3) is 0.931. The second kappa shape index (κ2) is 8.24. The van der Waals surface area contributed by atoms with Crippen molar-refractivity contribution in [1.82, 2.24) is 0 Å². The van der Waals surface area contributed by atoms with E-state index in [1.54, 1.807) is 0 Å². The van der Waals surface area contributed by atoms with Gasteiger partial charge in [0.05, 0.1) is 6.10 Å². The smallest absolute Gasteiger partial charge is 0.0543 e. The van der Waals surface area contributed by atoms with Crippen LogP contribution in [0.4, 0.5) is 0 Å². The van der Waals surface area contributed by atoms with Crippen LogP contribution in [0.5, 0.6) is 0 Å². The summed E-state index contributed by atoms with van der Waals surface area (Å²) in [5, 5.41) is 10.3. The first-order valence-electron chi connectivity index (χ1n) is 13.4. The van der Waals surface area contributed by atoms with E-state index in [4.69, 9.17) is 0 Å². The molecule has 1 N–H and O–H groups in total. The average molecular weight is 415 g/mol. The van der Waals surface area contributed by atoms with Crippen LogP contribution in [-0.2, 0) is 0 Å². The first-order valence-corrected chi connectivity index (χ1v) is 13.4. The van der Waals surface area contributed by atoms with Crippen molar-refractivity contribution >= 4 is 0 Å². The summed E-state index contributed by atoms with van der Waals surface area (Å²) in [5.74, 6) is 6.62. The van der Waals surface area contributed by atoms with Gasteiger partial charge in [-0.3, -0.25) is 0 Å². The van der Waals surface area contributed by atoms with E-state index in [9.17, 15) is 5.11 Å². The lowest BCUT2D eigenvalue weighted by Gasteiger charge is -2.61. The normalized spacial score (nSPS) is 47.9. The SMILES string of the molecule is C=C(C[C@@H](C)[C@H]1CC[C@H]2[C@@H]3CC[C@H]4C[C@@H](O)CC[C@]4(C)[C@H]3CC[C@]12C)C(C)C(C)C. The van der Waals surface area contributed by atoms with E-state index in [-0.39, 0.29) is 6.10 Å². The summed E-state index contributed by atoms with van der Waals surface area (Å²) in [6.07, 6.45) is 13.3. The summed E-state index contributed by atoms with van der Waals surface area (Å²) >= 11 is 0. The van der Waals surface area contributed by atoms with Gasteiger partial charge >= 0.3 is 0 Å². The second-order valence-electron chi connectivity index (χ2n) is 13.2. The Morgan fingerprint density at radius 2 is 1.57 bits per heavy atom. The number of allylic oxidation sites excluding steroid dienone is 1. The van der Waals surface area contributed by atoms with Crippen LogP contribution < -0.4 is 0 Å². The van der Waals surface area contributed by atoms with Crippen molar-refractivity contribution < 1.29 is 5.11 Å². The van der Waals surface area contributed by atoms with Crippen molar-refractivity contribution in [2.45, 2.75) is 112 Å². The van der Waals surface area contributed by atoms with Crippen molar-refractivity contribution in [3.63, 3.8) is 0 Å². The molecule has 0 amide bonds. The summed E-state index contributed by atoms with van der Waals surface area (Å²) in [5.41, 5.74) is 2.56. The van der Waals surface area contributed by atoms with Gasteiger partial charge in [-0.15, -0.1) is 0 Å². The Morgan fingerprint density at radius 1 is 0.900 bits per heavy atom. The fourth-order valence-electron chi connectivity index (χ4n) is 9.42. The van der Waals surface area contributed by atoms with E-state index in [2.05, 4.69) is 48.1 Å². The van der Waals surface area contributed by atoms with Gasteiger partial charge < -0.3 is 5.11 Å². The topological polar surface area (TPSA) is 20.2 Å². The van der Waals surface area contributed by atoms with Crippen LogP contribution in [0.2, 0.25) is 0 Å². The van der Waals surface area contributed by atoms with E-state index in [1.807, 2.05) is 0 Å². The van der Waals surface area contributed by atoms with E-state index >= 15 is 0 Å². The highest BCUT2D eigenvalue weighted by Gasteiger charge is 2.60. The molecule has 0 aliphatic heterocycles. The monoisotopic (exact) mass is 414 g/mol. The van der Waals surface area contributed by atoms with Crippen LogP contribution in [-0.4, -0.2) is 11.2 Å². The number of hydrogen-bond donors (Lipinski definition) is 1. The quantitative estimate of drug-likeness (QED) is 0.454. The third-order valence-corrected chi connectivity index (χ3v) is 11.6. The van der Waals surface area contributed by atoms with Gasteiger partial charge in [0.15, 0.2) is 0 Å². The number of fused-ring (bicyclic) bond motifs is 5. The lowest BCUT2D eigenvalue weighted by Crippen LogP contribution is -2.54. The highest BCUT2D eigenvalue weighted by Crippen LogP contribution is 2.68. The molecule has 0 aromatic carbocycles. The molecule has 1 heteroatoms. The first kappa shape index (κ1) is 22.9. The molecule has 4 fully saturated rings. The van der Waals surface area contributed by atoms with Crippen molar-refractivity contribution in [3.05, 3.63) is 12.2 Å². The van der Waals surface area contributed by atoms with Gasteiger partial charge in [-0.2, -0.15) is 0 Å². The molecule has 0 aromatic heterocycles. The maximum atomic E-state index is 10.3. The number of aliphatic hydroxyl groups excluding tert-OH is 1. The Balaban J connectivity index is 1.48. The molecule has 0 radical (unpaired) electrons. The van der Waals surface area contributed by atoms with Crippen molar-refractivity contribution in [2.75, 3.05) is 0 Å². The van der Waals surface area contributed by atoms with Crippen molar-refractivity contribution in [2.24, 2.45) is 58.2 Å². The molecular weight excluding hydrogens is 364 g/mol. The molecule has 4 aliphatic carbocycles. The van der Waals surface area contributed by atoms with E-state index in [0.29, 0.717) is 22.7 Å². The number of rotatable bonds is 5. The van der Waals surface area contributed by atoms with Gasteiger partial charge in [0.1, 0.15) is 0 Å². The molecule has 0 spiro atoms. The molecule has 0 saturated heterocycles. The van der Waals surface area contributed by atoms with Gasteiger partial charge in [0, 0.05) is 0 Å². The molecule has 4 rings (SSSR count). The first-order chi connectivity index (χ1) is 14.1. The Kier molecular flexibility index (Phi) is 6.28. The average Bonchev–Trinajstić information content (AvgIpc) is 3.05. The fourth-order valence-corrected chi connectivity index (χ4v) is 9.42. The lowest BCUT2D eigenvalue weighted by atomic mass is 9.44. The maximum absolute atomic E-state index is 10.3. The van der Waals surface area contributed by atoms with Gasteiger partial charge in [0.25, 0.3) is 0 Å². The summed E-state index contributed by atoms with van der Waals surface area (Å²) in [6, 6.07) is 0. The molecule has 30 heavy (non-hydrogen) atoms. The molecule has 172 valence electrons. The summed E-state index contributed by atoms with van der Waals surface area (Å²) in [4.78, 5) is 0. The largest absolute Gasteiger partial charge is 0.393 e. The highest BCUT2D eigenvalue weighted by atomic mass is 16.3. The van der Waals surface area contributed by atoms with Crippen LogP contribution in [0.3, 0.4) is 0 Å². The third kappa shape index (κ3) is 3.64. The summed E-state index contributed by atoms with van der Waals surface area (Å²) < 4.78 is 0. The molecule has 4 saturated carbocycles. The molecule has 0 aromatic rings. The minimum atomic E-state index is -0.0217. The van der Waals surface area contributed by atoms with Crippen LogP contribution in [0, 0.1) is 58.2 Å². The Labute approximate surface area is 187 Å². The van der Waals surface area contributed by atoms with Crippen molar-refractivity contribution in [3.8, 4) is 0 Å². The lowest BCUT2D eigenvalue weighted by molar-refractivity contribution is -0.129. The second-order valence-corrected chi connectivity index (χ2v) is 13.2. The highest BCUT2D eigenvalue weighted by molar-refractivity contribution is 5.11. The third-order valence-electron chi connectivity index (χ3n) is 11.6. The van der Waals surface area contributed by atoms with Crippen LogP contribution in [0.1, 0.15) is 106 Å². The van der Waals surface area contributed by atoms with Gasteiger partial charge in [0.2, 0.25) is 0 Å². The van der Waals surface area contributed by atoms with E-state index in [1.165, 1.54) is 56.9 Å². The predicted octanol–water partition coefficient (Wildman–Crippen LogP) is 7.88. The zero-order chi connectivity index (χ0) is 21.8. The predicted molar refractivity (Wildman–Crippen MR) is 128 cm³/mol. The Hall–Kier alpha value is -0.300. The number of aliphatic hydroxyl groups is 1. The standard InChI is InChI=1S/C29H50O/c1-18(2)21(5)19(3)16-20(4)25-10-11-26-24-9-8-22-17-23(30)12-14-28(22,6)27(24)13-15-29(25,26)7/h18,20-27,30H,3,8-17H2,1-2,4-7H3/t20-,21?,22+,23+,24+,25-,26+,27+,28+,29-/m1/s1. The van der Waals surface area contributed by atoms with Crippen molar-refractivity contribution in [1.29, 1.82) is 0 Å². The minimum absolute atomic E-state index is 0.0217. The minimum Gasteiger partial charge on any atom is -0.393 e. The zero-order valence-electron chi connectivity index (χ0n) is 20.9. The molecule has 0 bridgehead atoms. The van der Waals surface area contributed by atoms with Crippen LogP contribution in [0.25, 0.3) is 0 Å². The molecular formula is C29H50O.